The number of hydrogen-bond donors (Lipinski definition) is 1. The second-order valence-electron chi connectivity index (χ2n) is 8.02. The Balaban J connectivity index is 1.42. The molecular weight excluding hydrogens is 369 g/mol. The van der Waals surface area contributed by atoms with Crippen molar-refractivity contribution in [1.29, 1.82) is 0 Å². The summed E-state index contributed by atoms with van der Waals surface area (Å²) in [4.78, 5) is 19.2. The third kappa shape index (κ3) is 3.45. The molecule has 2 aliphatic rings. The zero-order valence-electron chi connectivity index (χ0n) is 16.2. The lowest BCUT2D eigenvalue weighted by Gasteiger charge is -2.26. The largest absolute Gasteiger partial charge is 0.350 e. The molecule has 2 fully saturated rings. The predicted molar refractivity (Wildman–Crippen MR) is 108 cm³/mol. The zero-order valence-corrected chi connectivity index (χ0v) is 16.2. The molecule has 1 aliphatic carbocycles. The summed E-state index contributed by atoms with van der Waals surface area (Å²) in [5.41, 5.74) is 2.04. The van der Waals surface area contributed by atoms with Crippen LogP contribution in [-0.4, -0.2) is 33.6 Å². The van der Waals surface area contributed by atoms with Crippen LogP contribution >= 0.6 is 0 Å². The quantitative estimate of drug-likeness (QED) is 0.717. The first-order valence-electron chi connectivity index (χ1n) is 10.3. The highest BCUT2D eigenvalue weighted by molar-refractivity contribution is 5.93. The van der Waals surface area contributed by atoms with Crippen molar-refractivity contribution in [2.75, 3.05) is 18.0 Å². The fraction of sp³-hybridized carbons (Fsp3) is 0.409. The highest BCUT2D eigenvalue weighted by atomic mass is 19.1. The summed E-state index contributed by atoms with van der Waals surface area (Å²) in [5, 5.41) is 7.74. The van der Waals surface area contributed by atoms with Gasteiger partial charge in [0.2, 0.25) is 0 Å². The predicted octanol–water partition coefficient (Wildman–Crippen LogP) is 3.74. The van der Waals surface area contributed by atoms with Gasteiger partial charge in [-0.05, 0) is 61.4 Å². The molecule has 2 aromatic heterocycles. The van der Waals surface area contributed by atoms with Crippen LogP contribution in [0.15, 0.2) is 42.6 Å². The Bertz CT molecular complexity index is 1040. The molecule has 1 aromatic carbocycles. The Morgan fingerprint density at radius 1 is 1.17 bits per heavy atom. The van der Waals surface area contributed by atoms with E-state index < -0.39 is 0 Å². The van der Waals surface area contributed by atoms with Crippen molar-refractivity contribution >= 4 is 17.4 Å². The Labute approximate surface area is 168 Å². The summed E-state index contributed by atoms with van der Waals surface area (Å²) in [6, 6.07) is 10.7. The van der Waals surface area contributed by atoms with Gasteiger partial charge in [0.25, 0.3) is 5.91 Å². The molecule has 7 heteroatoms. The van der Waals surface area contributed by atoms with Gasteiger partial charge in [-0.2, -0.15) is 0 Å². The highest BCUT2D eigenvalue weighted by Gasteiger charge is 2.28. The highest BCUT2D eigenvalue weighted by Crippen LogP contribution is 2.35. The van der Waals surface area contributed by atoms with Gasteiger partial charge in [0.15, 0.2) is 11.3 Å². The first-order valence-corrected chi connectivity index (χ1v) is 10.3. The number of carbonyl (C=O) groups is 1. The molecule has 1 saturated heterocycles. The molecule has 6 nitrogen and oxygen atoms in total. The summed E-state index contributed by atoms with van der Waals surface area (Å²) in [7, 11) is 0. The van der Waals surface area contributed by atoms with E-state index in [1.165, 1.54) is 25.3 Å². The van der Waals surface area contributed by atoms with Crippen LogP contribution in [0.25, 0.3) is 5.65 Å². The third-order valence-electron chi connectivity index (χ3n) is 6.14. The van der Waals surface area contributed by atoms with Crippen LogP contribution in [0, 0.1) is 11.7 Å². The average Bonchev–Trinajstić information content (AvgIpc) is 3.33. The van der Waals surface area contributed by atoms with Crippen molar-refractivity contribution in [3.05, 3.63) is 59.7 Å². The van der Waals surface area contributed by atoms with E-state index in [1.807, 2.05) is 18.2 Å². The normalized spacial score (nSPS) is 19.5. The van der Waals surface area contributed by atoms with Crippen LogP contribution in [0.2, 0.25) is 0 Å². The molecule has 1 atom stereocenters. The molecule has 1 saturated carbocycles. The lowest BCUT2D eigenvalue weighted by Crippen LogP contribution is -2.33. The molecule has 3 heterocycles. The van der Waals surface area contributed by atoms with Gasteiger partial charge < -0.3 is 10.2 Å². The Morgan fingerprint density at radius 3 is 2.86 bits per heavy atom. The first kappa shape index (κ1) is 18.1. The summed E-state index contributed by atoms with van der Waals surface area (Å²) >= 11 is 0. The molecule has 1 N–H and O–H groups in total. The van der Waals surface area contributed by atoms with E-state index in [1.54, 1.807) is 22.8 Å². The van der Waals surface area contributed by atoms with Gasteiger partial charge in [0.05, 0.1) is 12.2 Å². The number of aromatic nitrogens is 3. The van der Waals surface area contributed by atoms with Gasteiger partial charge in [0.1, 0.15) is 11.6 Å². The summed E-state index contributed by atoms with van der Waals surface area (Å²) in [5.74, 6) is 1.00. The SMILES string of the molecule is O=C(NCC1CCC1)c1cnc2ccc(N3CCC[C@@H]3c3cccc(F)c3)nn12. The molecule has 1 aliphatic heterocycles. The Hall–Kier alpha value is -2.96. The van der Waals surface area contributed by atoms with E-state index >= 15 is 0 Å². The molecule has 0 unspecified atom stereocenters. The van der Waals surface area contributed by atoms with E-state index in [2.05, 4.69) is 15.2 Å². The minimum atomic E-state index is -0.224. The lowest BCUT2D eigenvalue weighted by atomic mass is 9.85. The van der Waals surface area contributed by atoms with Gasteiger partial charge in [-0.15, -0.1) is 5.10 Å². The van der Waals surface area contributed by atoms with E-state index in [9.17, 15) is 9.18 Å². The van der Waals surface area contributed by atoms with Gasteiger partial charge in [-0.3, -0.25) is 4.79 Å². The smallest absolute Gasteiger partial charge is 0.271 e. The molecule has 0 radical (unpaired) electrons. The zero-order chi connectivity index (χ0) is 19.8. The lowest BCUT2D eigenvalue weighted by molar-refractivity contribution is 0.0932. The number of carbonyl (C=O) groups excluding carboxylic acids is 1. The minimum Gasteiger partial charge on any atom is -0.350 e. The van der Waals surface area contributed by atoms with Crippen LogP contribution in [0.4, 0.5) is 10.2 Å². The molecule has 0 spiro atoms. The fourth-order valence-corrected chi connectivity index (χ4v) is 4.30. The van der Waals surface area contributed by atoms with Crippen LogP contribution in [0.3, 0.4) is 0 Å². The molecular formula is C22H24FN5O. The number of hydrogen-bond acceptors (Lipinski definition) is 4. The Kier molecular flexibility index (Phi) is 4.66. The van der Waals surface area contributed by atoms with Crippen LogP contribution < -0.4 is 10.2 Å². The van der Waals surface area contributed by atoms with Gasteiger partial charge in [-0.25, -0.2) is 13.9 Å². The average molecular weight is 393 g/mol. The number of nitrogens with zero attached hydrogens (tertiary/aromatic N) is 4. The van der Waals surface area contributed by atoms with Crippen molar-refractivity contribution in [3.63, 3.8) is 0 Å². The third-order valence-corrected chi connectivity index (χ3v) is 6.14. The maximum absolute atomic E-state index is 13.7. The number of rotatable bonds is 5. The van der Waals surface area contributed by atoms with Gasteiger partial charge in [0, 0.05) is 13.1 Å². The molecule has 0 bridgehead atoms. The molecule has 150 valence electrons. The van der Waals surface area contributed by atoms with Crippen LogP contribution in [-0.2, 0) is 0 Å². The van der Waals surface area contributed by atoms with Crippen molar-refractivity contribution in [2.45, 2.75) is 38.1 Å². The van der Waals surface area contributed by atoms with E-state index in [0.29, 0.717) is 23.8 Å². The van der Waals surface area contributed by atoms with Crippen molar-refractivity contribution in [3.8, 4) is 0 Å². The monoisotopic (exact) mass is 393 g/mol. The minimum absolute atomic E-state index is 0.0788. The topological polar surface area (TPSA) is 62.5 Å². The van der Waals surface area contributed by atoms with Crippen LogP contribution in [0.1, 0.15) is 54.2 Å². The van der Waals surface area contributed by atoms with Crippen LogP contribution in [0.5, 0.6) is 0 Å². The number of anilines is 1. The Morgan fingerprint density at radius 2 is 2.07 bits per heavy atom. The maximum Gasteiger partial charge on any atom is 0.271 e. The number of benzene rings is 1. The van der Waals surface area contributed by atoms with E-state index in [-0.39, 0.29) is 17.8 Å². The first-order chi connectivity index (χ1) is 14.2. The maximum atomic E-state index is 13.7. The summed E-state index contributed by atoms with van der Waals surface area (Å²) in [6.45, 7) is 1.55. The number of amides is 1. The standard InChI is InChI=1S/C22H24FN5O/c23-17-7-2-6-16(12-17)18-8-3-11-27(18)21-10-9-20-24-14-19(28(20)26-21)22(29)25-13-15-4-1-5-15/h2,6-7,9-10,12,14-15,18H,1,3-5,8,11,13H2,(H,25,29)/t18-/m1/s1. The van der Waals surface area contributed by atoms with Gasteiger partial charge >= 0.3 is 0 Å². The second-order valence-corrected chi connectivity index (χ2v) is 8.02. The number of nitrogens with one attached hydrogen (secondary N) is 1. The number of fused-ring (bicyclic) bond motifs is 1. The fourth-order valence-electron chi connectivity index (χ4n) is 4.30. The molecule has 1 amide bonds. The van der Waals surface area contributed by atoms with Gasteiger partial charge in [-0.1, -0.05) is 18.6 Å². The van der Waals surface area contributed by atoms with E-state index in [0.717, 1.165) is 30.8 Å². The second kappa shape index (κ2) is 7.46. The number of halogens is 1. The summed E-state index contributed by atoms with van der Waals surface area (Å²) in [6.07, 6.45) is 7.17. The van der Waals surface area contributed by atoms with Crippen molar-refractivity contribution in [2.24, 2.45) is 5.92 Å². The van der Waals surface area contributed by atoms with Crippen molar-refractivity contribution in [1.82, 2.24) is 19.9 Å². The summed E-state index contributed by atoms with van der Waals surface area (Å²) < 4.78 is 15.3. The molecule has 5 rings (SSSR count). The molecule has 3 aromatic rings. The van der Waals surface area contributed by atoms with Crippen molar-refractivity contribution < 1.29 is 9.18 Å². The molecule has 29 heavy (non-hydrogen) atoms. The number of imidazole rings is 1. The van der Waals surface area contributed by atoms with E-state index in [4.69, 9.17) is 5.10 Å².